The molecule has 1 heterocycles. The Kier molecular flexibility index (Phi) is 1.90. The van der Waals surface area contributed by atoms with Gasteiger partial charge in [0.2, 0.25) is 0 Å². The van der Waals surface area contributed by atoms with Gasteiger partial charge in [0.05, 0.1) is 0 Å². The van der Waals surface area contributed by atoms with Crippen LogP contribution in [0.25, 0.3) is 0 Å². The smallest absolute Gasteiger partial charge is 0.449 e. The minimum absolute atomic E-state index is 0.141. The van der Waals surface area contributed by atoms with Gasteiger partial charge in [-0.05, 0) is 5.46 Å². The van der Waals surface area contributed by atoms with Gasteiger partial charge in [-0.3, -0.25) is 0 Å². The molecule has 1 rings (SSSR count). The van der Waals surface area contributed by atoms with Crippen molar-refractivity contribution in [2.75, 3.05) is 0 Å². The van der Waals surface area contributed by atoms with Gasteiger partial charge >= 0.3 is 13.8 Å². The van der Waals surface area contributed by atoms with Gasteiger partial charge in [0.15, 0.2) is 0 Å². The summed E-state index contributed by atoms with van der Waals surface area (Å²) < 4.78 is 35.1. The predicted molar refractivity (Wildman–Crippen MR) is 32.5 cm³/mol. The lowest BCUT2D eigenvalue weighted by atomic mass is 9.93. The Morgan fingerprint density at radius 1 is 1.55 bits per heavy atom. The topological polar surface area (TPSA) is 38.1 Å². The van der Waals surface area contributed by atoms with Crippen LogP contribution in [-0.2, 0) is 6.30 Å². The highest BCUT2D eigenvalue weighted by molar-refractivity contribution is 6.45. The van der Waals surface area contributed by atoms with Gasteiger partial charge < -0.3 is 5.02 Å². The van der Waals surface area contributed by atoms with E-state index in [1.54, 1.807) is 0 Å². The van der Waals surface area contributed by atoms with Crippen LogP contribution in [0.2, 0.25) is 0 Å². The maximum Gasteiger partial charge on any atom is 0.504 e. The van der Waals surface area contributed by atoms with Gasteiger partial charge in [-0.15, -0.1) is 13.2 Å². The van der Waals surface area contributed by atoms with Crippen molar-refractivity contribution in [3.8, 4) is 0 Å². The molecule has 0 bridgehead atoms. The second-order valence-electron chi connectivity index (χ2n) is 1.92. The molecule has 11 heavy (non-hydrogen) atoms. The van der Waals surface area contributed by atoms with Gasteiger partial charge in [0, 0.05) is 12.4 Å². The van der Waals surface area contributed by atoms with Gasteiger partial charge in [-0.25, -0.2) is 0 Å². The molecule has 0 saturated heterocycles. The summed E-state index contributed by atoms with van der Waals surface area (Å²) >= 11 is 0. The SMILES string of the molecule is OBc1cnn(C(F)(F)F)c1. The van der Waals surface area contributed by atoms with Gasteiger partial charge in [0.1, 0.15) is 0 Å². The number of aromatic nitrogens is 2. The van der Waals surface area contributed by atoms with E-state index in [0.717, 1.165) is 12.4 Å². The summed E-state index contributed by atoms with van der Waals surface area (Å²) in [4.78, 5) is 0. The molecule has 3 nitrogen and oxygen atoms in total. The summed E-state index contributed by atoms with van der Waals surface area (Å²) in [7, 11) is -0.434. The van der Waals surface area contributed by atoms with E-state index in [4.69, 9.17) is 5.02 Å². The van der Waals surface area contributed by atoms with E-state index in [1.165, 1.54) is 0 Å². The third-order valence-electron chi connectivity index (χ3n) is 1.08. The molecule has 1 aromatic rings. The first-order valence-corrected chi connectivity index (χ1v) is 2.75. The summed E-state index contributed by atoms with van der Waals surface area (Å²) in [6, 6.07) is 0. The Morgan fingerprint density at radius 2 is 2.18 bits per heavy atom. The van der Waals surface area contributed by atoms with Crippen molar-refractivity contribution in [2.45, 2.75) is 6.30 Å². The van der Waals surface area contributed by atoms with Crippen LogP contribution in [0.15, 0.2) is 12.4 Å². The van der Waals surface area contributed by atoms with Crippen molar-refractivity contribution in [3.05, 3.63) is 12.4 Å². The Morgan fingerprint density at radius 3 is 2.45 bits per heavy atom. The van der Waals surface area contributed by atoms with Crippen LogP contribution in [0.3, 0.4) is 0 Å². The number of hydrogen-bond donors (Lipinski definition) is 1. The van der Waals surface area contributed by atoms with E-state index in [1.807, 2.05) is 0 Å². The standard InChI is InChI=1S/C4H4BF3N2O/c6-4(7,8)10-2-3(5-11)1-9-10/h1-2,5,11H. The van der Waals surface area contributed by atoms with Crippen LogP contribution in [0, 0.1) is 0 Å². The first kappa shape index (κ1) is 8.12. The van der Waals surface area contributed by atoms with E-state index >= 15 is 0 Å². The van der Waals surface area contributed by atoms with Crippen LogP contribution in [0.5, 0.6) is 0 Å². The van der Waals surface area contributed by atoms with Gasteiger partial charge in [-0.2, -0.15) is 9.78 Å². The van der Waals surface area contributed by atoms with Crippen LogP contribution >= 0.6 is 0 Å². The van der Waals surface area contributed by atoms with Crippen LogP contribution in [0.4, 0.5) is 13.2 Å². The molecule has 0 aliphatic rings. The molecule has 60 valence electrons. The molecular weight excluding hydrogens is 160 g/mol. The average molecular weight is 164 g/mol. The first-order chi connectivity index (χ1) is 5.04. The fourth-order valence-corrected chi connectivity index (χ4v) is 0.580. The van der Waals surface area contributed by atoms with E-state index in [9.17, 15) is 13.2 Å². The number of nitrogens with zero attached hydrogens (tertiary/aromatic N) is 2. The Bertz CT molecular complexity index is 246. The predicted octanol–water partition coefficient (Wildman–Crippen LogP) is -0.672. The molecule has 0 unspecified atom stereocenters. The molecular formula is C4H4BF3N2O. The number of halogens is 3. The Hall–Kier alpha value is -0.975. The van der Waals surface area contributed by atoms with Crippen molar-refractivity contribution >= 4 is 12.9 Å². The molecule has 0 fully saturated rings. The summed E-state index contributed by atoms with van der Waals surface area (Å²) in [6.45, 7) is 0. The largest absolute Gasteiger partial charge is 0.504 e. The number of rotatable bonds is 1. The molecule has 0 aliphatic heterocycles. The quantitative estimate of drug-likeness (QED) is 0.558. The molecule has 0 amide bonds. The maximum absolute atomic E-state index is 11.8. The number of alkyl halides is 3. The molecule has 1 aromatic heterocycles. The molecule has 1 N–H and O–H groups in total. The lowest BCUT2D eigenvalue weighted by Crippen LogP contribution is -2.18. The fourth-order valence-electron chi connectivity index (χ4n) is 0.580. The maximum atomic E-state index is 11.8. The van der Waals surface area contributed by atoms with E-state index < -0.39 is 13.8 Å². The third-order valence-corrected chi connectivity index (χ3v) is 1.08. The summed E-state index contributed by atoms with van der Waals surface area (Å²) in [5.74, 6) is 0. The average Bonchev–Trinajstić information content (AvgIpc) is 2.32. The van der Waals surface area contributed by atoms with E-state index in [0.29, 0.717) is 0 Å². The number of hydrogen-bond acceptors (Lipinski definition) is 2. The zero-order valence-electron chi connectivity index (χ0n) is 5.34. The first-order valence-electron chi connectivity index (χ1n) is 2.75. The molecule has 0 spiro atoms. The van der Waals surface area contributed by atoms with Crippen molar-refractivity contribution in [1.29, 1.82) is 0 Å². The minimum atomic E-state index is -4.49. The van der Waals surface area contributed by atoms with Crippen LogP contribution in [-0.4, -0.2) is 22.3 Å². The lowest BCUT2D eigenvalue weighted by Gasteiger charge is -2.03. The summed E-state index contributed by atoms with van der Waals surface area (Å²) in [5, 5.41) is 11.4. The molecule has 0 atom stereocenters. The monoisotopic (exact) mass is 164 g/mol. The van der Waals surface area contributed by atoms with E-state index in [2.05, 4.69) is 5.10 Å². The highest BCUT2D eigenvalue weighted by Crippen LogP contribution is 2.19. The molecule has 0 saturated carbocycles. The summed E-state index contributed by atoms with van der Waals surface area (Å²) in [5.41, 5.74) is 0.141. The summed E-state index contributed by atoms with van der Waals surface area (Å²) in [6.07, 6.45) is -2.79. The Balaban J connectivity index is 2.89. The molecule has 0 aromatic carbocycles. The van der Waals surface area contributed by atoms with E-state index in [-0.39, 0.29) is 10.1 Å². The fraction of sp³-hybridized carbons (Fsp3) is 0.250. The van der Waals surface area contributed by atoms with Gasteiger partial charge in [-0.1, -0.05) is 0 Å². The van der Waals surface area contributed by atoms with Crippen LogP contribution < -0.4 is 5.46 Å². The third kappa shape index (κ3) is 1.73. The normalized spacial score (nSPS) is 11.6. The highest BCUT2D eigenvalue weighted by Gasteiger charge is 2.31. The minimum Gasteiger partial charge on any atom is -0.449 e. The molecule has 0 aliphatic carbocycles. The van der Waals surface area contributed by atoms with Crippen molar-refractivity contribution in [1.82, 2.24) is 9.78 Å². The molecule has 0 radical (unpaired) electrons. The molecule has 7 heteroatoms. The van der Waals surface area contributed by atoms with Crippen molar-refractivity contribution in [2.24, 2.45) is 0 Å². The Labute approximate surface area is 60.7 Å². The second kappa shape index (κ2) is 2.57. The van der Waals surface area contributed by atoms with Crippen molar-refractivity contribution in [3.63, 3.8) is 0 Å². The zero-order valence-corrected chi connectivity index (χ0v) is 5.34. The second-order valence-corrected chi connectivity index (χ2v) is 1.92. The van der Waals surface area contributed by atoms with Crippen molar-refractivity contribution < 1.29 is 18.2 Å². The van der Waals surface area contributed by atoms with Crippen LogP contribution in [0.1, 0.15) is 0 Å². The lowest BCUT2D eigenvalue weighted by molar-refractivity contribution is -0.212. The highest BCUT2D eigenvalue weighted by atomic mass is 19.4. The van der Waals surface area contributed by atoms with Gasteiger partial charge in [0.25, 0.3) is 0 Å². The zero-order chi connectivity index (χ0) is 8.48.